The zero-order valence-corrected chi connectivity index (χ0v) is 14.1. The maximum absolute atomic E-state index is 11.8. The van der Waals surface area contributed by atoms with Gasteiger partial charge in [0.2, 0.25) is 0 Å². The molecule has 22 heavy (non-hydrogen) atoms. The number of carbonyl (C=O) groups excluding carboxylic acids is 1. The average molecular weight is 322 g/mol. The minimum atomic E-state index is -0.529. The predicted molar refractivity (Wildman–Crippen MR) is 88.0 cm³/mol. The lowest BCUT2D eigenvalue weighted by Gasteiger charge is -2.19. The molecule has 0 aliphatic heterocycles. The van der Waals surface area contributed by atoms with Gasteiger partial charge in [0.25, 0.3) is 0 Å². The summed E-state index contributed by atoms with van der Waals surface area (Å²) in [6.07, 6.45) is 1.20. The molecule has 0 fully saturated rings. The summed E-state index contributed by atoms with van der Waals surface area (Å²) in [5, 5.41) is 14.9. The Morgan fingerprint density at radius 3 is 2.82 bits per heavy atom. The van der Waals surface area contributed by atoms with Crippen LogP contribution in [0.15, 0.2) is 17.6 Å². The largest absolute Gasteiger partial charge is 0.444 e. The molecule has 0 aliphatic rings. The van der Waals surface area contributed by atoms with Crippen LogP contribution in [-0.2, 0) is 17.8 Å². The number of carbonyl (C=O) groups is 1. The number of aryl methyl sites for hydroxylation is 1. The fourth-order valence-corrected chi connectivity index (χ4v) is 2.73. The number of amides is 1. The number of ether oxygens (including phenoxy) is 1. The molecule has 0 aliphatic carbocycles. The van der Waals surface area contributed by atoms with Crippen LogP contribution in [0.4, 0.5) is 10.6 Å². The SMILES string of the molecule is Cc1ccsc1CNCc1cn[nH]c1NC(=O)OC(C)(C)C. The minimum Gasteiger partial charge on any atom is -0.444 e. The van der Waals surface area contributed by atoms with Crippen LogP contribution >= 0.6 is 11.3 Å². The van der Waals surface area contributed by atoms with E-state index in [-0.39, 0.29) is 0 Å². The van der Waals surface area contributed by atoms with Crippen molar-refractivity contribution in [2.45, 2.75) is 46.4 Å². The number of hydrogen-bond donors (Lipinski definition) is 3. The number of hydrogen-bond acceptors (Lipinski definition) is 5. The lowest BCUT2D eigenvalue weighted by Crippen LogP contribution is -2.27. The van der Waals surface area contributed by atoms with Crippen molar-refractivity contribution in [3.05, 3.63) is 33.6 Å². The zero-order valence-electron chi connectivity index (χ0n) is 13.3. The standard InChI is InChI=1S/C15H22N4O2S/c1-10-5-6-22-12(10)9-16-7-11-8-17-19-13(11)18-14(20)21-15(2,3)4/h5-6,8,16H,7,9H2,1-4H3,(H2,17,18,19,20). The summed E-state index contributed by atoms with van der Waals surface area (Å²) >= 11 is 1.73. The Bertz CT molecular complexity index is 628. The molecule has 0 bridgehead atoms. The number of thiophene rings is 1. The van der Waals surface area contributed by atoms with Crippen molar-refractivity contribution in [1.82, 2.24) is 15.5 Å². The van der Waals surface area contributed by atoms with Crippen molar-refractivity contribution in [2.75, 3.05) is 5.32 Å². The van der Waals surface area contributed by atoms with Crippen LogP contribution in [0.3, 0.4) is 0 Å². The Kier molecular flexibility index (Phi) is 5.20. The summed E-state index contributed by atoms with van der Waals surface area (Å²) in [5.41, 5.74) is 1.65. The third-order valence-corrected chi connectivity index (χ3v) is 3.94. The van der Waals surface area contributed by atoms with Gasteiger partial charge in [0.05, 0.1) is 6.20 Å². The second-order valence-electron chi connectivity index (χ2n) is 6.03. The van der Waals surface area contributed by atoms with E-state index < -0.39 is 11.7 Å². The third-order valence-electron chi connectivity index (χ3n) is 2.91. The van der Waals surface area contributed by atoms with Gasteiger partial charge >= 0.3 is 6.09 Å². The summed E-state index contributed by atoms with van der Waals surface area (Å²) in [4.78, 5) is 13.1. The highest BCUT2D eigenvalue weighted by atomic mass is 32.1. The van der Waals surface area contributed by atoms with Crippen LogP contribution in [0.1, 0.15) is 36.8 Å². The molecule has 3 N–H and O–H groups in total. The molecule has 120 valence electrons. The Morgan fingerprint density at radius 1 is 1.41 bits per heavy atom. The van der Waals surface area contributed by atoms with E-state index in [1.54, 1.807) is 17.5 Å². The van der Waals surface area contributed by atoms with E-state index in [2.05, 4.69) is 39.2 Å². The predicted octanol–water partition coefficient (Wildman–Crippen LogP) is 3.42. The molecule has 0 atom stereocenters. The Hall–Kier alpha value is -1.86. The number of nitrogens with one attached hydrogen (secondary N) is 3. The molecule has 1 amide bonds. The molecule has 0 spiro atoms. The first kappa shape index (κ1) is 16.5. The second-order valence-corrected chi connectivity index (χ2v) is 7.03. The van der Waals surface area contributed by atoms with E-state index in [4.69, 9.17) is 4.74 Å². The highest BCUT2D eigenvalue weighted by molar-refractivity contribution is 7.10. The minimum absolute atomic E-state index is 0.493. The topological polar surface area (TPSA) is 79.0 Å². The zero-order chi connectivity index (χ0) is 16.2. The molecule has 2 aromatic heterocycles. The third kappa shape index (κ3) is 4.85. The molecule has 0 saturated heterocycles. The van der Waals surface area contributed by atoms with E-state index in [9.17, 15) is 4.79 Å². The summed E-state index contributed by atoms with van der Waals surface area (Å²) < 4.78 is 5.23. The number of anilines is 1. The van der Waals surface area contributed by atoms with E-state index in [1.165, 1.54) is 10.4 Å². The Labute approximate surface area is 134 Å². The molecule has 2 rings (SSSR count). The molecular formula is C15H22N4O2S. The first-order chi connectivity index (χ1) is 10.3. The van der Waals surface area contributed by atoms with Gasteiger partial charge < -0.3 is 10.1 Å². The fraction of sp³-hybridized carbons (Fsp3) is 0.467. The Balaban J connectivity index is 1.87. The highest BCUT2D eigenvalue weighted by Gasteiger charge is 2.17. The van der Waals surface area contributed by atoms with Crippen LogP contribution < -0.4 is 10.6 Å². The van der Waals surface area contributed by atoms with Crippen LogP contribution in [0.5, 0.6) is 0 Å². The first-order valence-electron chi connectivity index (χ1n) is 7.11. The van der Waals surface area contributed by atoms with Crippen molar-refractivity contribution in [1.29, 1.82) is 0 Å². The first-order valence-corrected chi connectivity index (χ1v) is 7.99. The van der Waals surface area contributed by atoms with Gasteiger partial charge in [-0.25, -0.2) is 4.79 Å². The van der Waals surface area contributed by atoms with E-state index >= 15 is 0 Å². The number of aromatic amines is 1. The fourth-order valence-electron chi connectivity index (χ4n) is 1.85. The second kappa shape index (κ2) is 6.93. The van der Waals surface area contributed by atoms with Gasteiger partial charge in [-0.05, 0) is 44.7 Å². The van der Waals surface area contributed by atoms with Crippen molar-refractivity contribution >= 4 is 23.2 Å². The van der Waals surface area contributed by atoms with Gasteiger partial charge in [-0.1, -0.05) is 0 Å². The maximum Gasteiger partial charge on any atom is 0.413 e. The van der Waals surface area contributed by atoms with Gasteiger partial charge in [0, 0.05) is 23.5 Å². The summed E-state index contributed by atoms with van der Waals surface area (Å²) in [5.74, 6) is 0.560. The van der Waals surface area contributed by atoms with Gasteiger partial charge in [-0.3, -0.25) is 10.4 Å². The van der Waals surface area contributed by atoms with Gasteiger partial charge in [0.15, 0.2) is 0 Å². The number of rotatable bonds is 5. The summed E-state index contributed by atoms with van der Waals surface area (Å²) in [7, 11) is 0. The number of aromatic nitrogens is 2. The van der Waals surface area contributed by atoms with Crippen molar-refractivity contribution in [2.24, 2.45) is 0 Å². The quantitative estimate of drug-likeness (QED) is 0.788. The molecular weight excluding hydrogens is 300 g/mol. The smallest absolute Gasteiger partial charge is 0.413 e. The molecule has 2 heterocycles. The van der Waals surface area contributed by atoms with E-state index in [0.29, 0.717) is 12.4 Å². The molecule has 0 saturated carbocycles. The van der Waals surface area contributed by atoms with Crippen LogP contribution in [0, 0.1) is 6.92 Å². The molecule has 2 aromatic rings. The lowest BCUT2D eigenvalue weighted by atomic mass is 10.2. The average Bonchev–Trinajstić information content (AvgIpc) is 2.98. The van der Waals surface area contributed by atoms with E-state index in [1.807, 2.05) is 20.8 Å². The van der Waals surface area contributed by atoms with E-state index in [0.717, 1.165) is 12.1 Å². The van der Waals surface area contributed by atoms with Gasteiger partial charge in [0.1, 0.15) is 11.4 Å². The molecule has 0 aromatic carbocycles. The van der Waals surface area contributed by atoms with Crippen molar-refractivity contribution in [3.63, 3.8) is 0 Å². The molecule has 0 unspecified atom stereocenters. The maximum atomic E-state index is 11.8. The monoisotopic (exact) mass is 322 g/mol. The van der Waals surface area contributed by atoms with Gasteiger partial charge in [-0.15, -0.1) is 11.3 Å². The normalized spacial score (nSPS) is 11.5. The number of nitrogens with zero attached hydrogens (tertiary/aromatic N) is 1. The Morgan fingerprint density at radius 2 is 2.18 bits per heavy atom. The highest BCUT2D eigenvalue weighted by Crippen LogP contribution is 2.17. The molecule has 6 nitrogen and oxygen atoms in total. The molecule has 0 radical (unpaired) electrons. The molecule has 7 heteroatoms. The van der Waals surface area contributed by atoms with Crippen LogP contribution in [0.2, 0.25) is 0 Å². The van der Waals surface area contributed by atoms with Crippen LogP contribution in [-0.4, -0.2) is 21.9 Å². The lowest BCUT2D eigenvalue weighted by molar-refractivity contribution is 0.0635. The summed E-state index contributed by atoms with van der Waals surface area (Å²) in [6.45, 7) is 8.97. The van der Waals surface area contributed by atoms with Crippen molar-refractivity contribution in [3.8, 4) is 0 Å². The van der Waals surface area contributed by atoms with Crippen molar-refractivity contribution < 1.29 is 9.53 Å². The summed E-state index contributed by atoms with van der Waals surface area (Å²) in [6, 6.07) is 2.11. The number of H-pyrrole nitrogens is 1. The van der Waals surface area contributed by atoms with Gasteiger partial charge in [-0.2, -0.15) is 5.10 Å². The van der Waals surface area contributed by atoms with Crippen LogP contribution in [0.25, 0.3) is 0 Å².